The Morgan fingerprint density at radius 1 is 1.44 bits per heavy atom. The van der Waals surface area contributed by atoms with Crippen LogP contribution in [0.5, 0.6) is 0 Å². The van der Waals surface area contributed by atoms with E-state index in [-0.39, 0.29) is 11.9 Å². The number of hydrogen-bond donors (Lipinski definition) is 1. The Morgan fingerprint density at radius 2 is 2.24 bits per heavy atom. The number of nitrogens with zero attached hydrogens (tertiary/aromatic N) is 1. The number of carbonyl (C=O) groups is 1. The molecule has 1 atom stereocenters. The fraction of sp³-hybridized carbons (Fsp3) is 0.368. The molecule has 1 aliphatic carbocycles. The lowest BCUT2D eigenvalue weighted by atomic mass is 10.1. The third-order valence-corrected chi connectivity index (χ3v) is 6.70. The highest BCUT2D eigenvalue weighted by atomic mass is 32.2. The molecule has 4 nitrogen and oxygen atoms in total. The first-order valence-corrected chi connectivity index (χ1v) is 10.3. The maximum absolute atomic E-state index is 12.8. The van der Waals surface area contributed by atoms with Crippen molar-refractivity contribution in [1.82, 2.24) is 10.3 Å². The van der Waals surface area contributed by atoms with Crippen molar-refractivity contribution >= 4 is 40.0 Å². The molecule has 0 radical (unpaired) electrons. The number of aryl methyl sites for hydroxylation is 1. The van der Waals surface area contributed by atoms with Gasteiger partial charge >= 0.3 is 0 Å². The number of amides is 1. The first-order valence-electron chi connectivity index (χ1n) is 8.48. The van der Waals surface area contributed by atoms with Crippen molar-refractivity contribution in [3.63, 3.8) is 0 Å². The Labute approximate surface area is 155 Å². The highest BCUT2D eigenvalue weighted by molar-refractivity contribution is 8.00. The van der Waals surface area contributed by atoms with Crippen molar-refractivity contribution in [3.05, 3.63) is 46.7 Å². The van der Waals surface area contributed by atoms with Gasteiger partial charge in [0, 0.05) is 33.8 Å². The first-order chi connectivity index (χ1) is 12.1. The summed E-state index contributed by atoms with van der Waals surface area (Å²) >= 11 is 3.28. The van der Waals surface area contributed by atoms with E-state index in [9.17, 15) is 4.79 Å². The van der Waals surface area contributed by atoms with E-state index >= 15 is 0 Å². The molecule has 0 bridgehead atoms. The van der Waals surface area contributed by atoms with Gasteiger partial charge in [-0.2, -0.15) is 0 Å². The van der Waals surface area contributed by atoms with Crippen LogP contribution in [0.2, 0.25) is 0 Å². The molecule has 130 valence electrons. The largest absolute Gasteiger partial charge is 0.451 e. The Balaban J connectivity index is 1.61. The molecule has 0 spiro atoms. The molecule has 0 saturated heterocycles. The van der Waals surface area contributed by atoms with Gasteiger partial charge in [-0.25, -0.2) is 4.98 Å². The van der Waals surface area contributed by atoms with Crippen LogP contribution in [0.3, 0.4) is 0 Å². The van der Waals surface area contributed by atoms with Crippen molar-refractivity contribution in [1.29, 1.82) is 0 Å². The smallest absolute Gasteiger partial charge is 0.287 e. The van der Waals surface area contributed by atoms with Crippen LogP contribution in [-0.2, 0) is 5.75 Å². The number of carbonyl (C=O) groups excluding carboxylic acids is 1. The van der Waals surface area contributed by atoms with E-state index in [2.05, 4.69) is 17.2 Å². The molecule has 1 amide bonds. The van der Waals surface area contributed by atoms with Gasteiger partial charge in [-0.1, -0.05) is 30.0 Å². The van der Waals surface area contributed by atoms with Gasteiger partial charge in [0.2, 0.25) is 0 Å². The third kappa shape index (κ3) is 3.60. The van der Waals surface area contributed by atoms with E-state index < -0.39 is 0 Å². The minimum atomic E-state index is -0.110. The van der Waals surface area contributed by atoms with Gasteiger partial charge in [0.1, 0.15) is 9.92 Å². The fourth-order valence-corrected chi connectivity index (χ4v) is 4.82. The lowest BCUT2D eigenvalue weighted by Crippen LogP contribution is -2.34. The lowest BCUT2D eigenvalue weighted by molar-refractivity contribution is 0.0909. The summed E-state index contributed by atoms with van der Waals surface area (Å²) in [6, 6.07) is 8.04. The second-order valence-electron chi connectivity index (χ2n) is 6.55. The van der Waals surface area contributed by atoms with Crippen molar-refractivity contribution < 1.29 is 9.21 Å². The first kappa shape index (κ1) is 16.7. The molecule has 1 fully saturated rings. The van der Waals surface area contributed by atoms with Gasteiger partial charge in [-0.3, -0.25) is 4.79 Å². The summed E-state index contributed by atoms with van der Waals surface area (Å²) in [5, 5.41) is 6.16. The van der Waals surface area contributed by atoms with Crippen LogP contribution >= 0.6 is 23.1 Å². The van der Waals surface area contributed by atoms with Crippen LogP contribution in [-0.4, -0.2) is 16.9 Å². The molecular formula is C19H20N2O2S2. The van der Waals surface area contributed by atoms with Gasteiger partial charge in [0.05, 0.1) is 0 Å². The van der Waals surface area contributed by atoms with E-state index in [4.69, 9.17) is 4.42 Å². The Morgan fingerprint density at radius 3 is 2.96 bits per heavy atom. The highest BCUT2D eigenvalue weighted by Gasteiger charge is 2.30. The molecule has 1 saturated carbocycles. The molecule has 25 heavy (non-hydrogen) atoms. The van der Waals surface area contributed by atoms with E-state index in [1.807, 2.05) is 36.6 Å². The summed E-state index contributed by atoms with van der Waals surface area (Å²) in [5.41, 5.74) is 2.74. The summed E-state index contributed by atoms with van der Waals surface area (Å²) in [6.07, 6.45) is 2.40. The SMILES string of the molecule is Cc1csc(SCc2c(C(=O)N[C@H](C)C3CC3)oc3ccccc23)n1. The molecule has 1 aliphatic rings. The third-order valence-electron chi connectivity index (χ3n) is 4.53. The number of fused-ring (bicyclic) bond motifs is 1. The molecule has 3 aromatic rings. The van der Waals surface area contributed by atoms with Crippen molar-refractivity contribution in [2.75, 3.05) is 0 Å². The Kier molecular flexibility index (Phi) is 4.56. The average molecular weight is 373 g/mol. The normalized spacial score (nSPS) is 15.4. The molecule has 1 aromatic carbocycles. The minimum absolute atomic E-state index is 0.110. The zero-order chi connectivity index (χ0) is 17.4. The number of para-hydroxylation sites is 1. The van der Waals surface area contributed by atoms with Gasteiger partial charge < -0.3 is 9.73 Å². The number of nitrogens with one attached hydrogen (secondary N) is 1. The maximum Gasteiger partial charge on any atom is 0.287 e. The lowest BCUT2D eigenvalue weighted by Gasteiger charge is -2.12. The molecule has 1 N–H and O–H groups in total. The molecule has 6 heteroatoms. The Bertz CT molecular complexity index is 911. The van der Waals surface area contributed by atoms with Crippen LogP contribution in [0.1, 0.15) is 41.6 Å². The fourth-order valence-electron chi connectivity index (χ4n) is 2.94. The molecule has 2 aromatic heterocycles. The van der Waals surface area contributed by atoms with Gasteiger partial charge in [-0.05, 0) is 38.7 Å². The van der Waals surface area contributed by atoms with Crippen LogP contribution in [0.4, 0.5) is 0 Å². The number of thiazole rings is 1. The van der Waals surface area contributed by atoms with Crippen molar-refractivity contribution in [2.24, 2.45) is 5.92 Å². The van der Waals surface area contributed by atoms with E-state index in [1.54, 1.807) is 23.1 Å². The zero-order valence-electron chi connectivity index (χ0n) is 14.2. The summed E-state index contributed by atoms with van der Waals surface area (Å²) in [5.74, 6) is 1.62. The second kappa shape index (κ2) is 6.84. The van der Waals surface area contributed by atoms with E-state index in [0.717, 1.165) is 26.6 Å². The van der Waals surface area contributed by atoms with Crippen LogP contribution in [0, 0.1) is 12.8 Å². The molecule has 4 rings (SSSR count). The maximum atomic E-state index is 12.8. The number of benzene rings is 1. The van der Waals surface area contributed by atoms with Crippen molar-refractivity contribution in [3.8, 4) is 0 Å². The highest BCUT2D eigenvalue weighted by Crippen LogP contribution is 2.35. The molecular weight excluding hydrogens is 352 g/mol. The topological polar surface area (TPSA) is 55.1 Å². The number of hydrogen-bond acceptors (Lipinski definition) is 5. The molecule has 0 aliphatic heterocycles. The van der Waals surface area contributed by atoms with Crippen LogP contribution < -0.4 is 5.32 Å². The van der Waals surface area contributed by atoms with Crippen LogP contribution in [0.15, 0.2) is 38.4 Å². The summed E-state index contributed by atoms with van der Waals surface area (Å²) < 4.78 is 6.93. The number of rotatable bonds is 6. The van der Waals surface area contributed by atoms with Crippen LogP contribution in [0.25, 0.3) is 11.0 Å². The van der Waals surface area contributed by atoms with Gasteiger partial charge in [0.25, 0.3) is 5.91 Å². The number of aromatic nitrogens is 1. The summed E-state index contributed by atoms with van der Waals surface area (Å²) in [6.45, 7) is 4.07. The number of thioether (sulfide) groups is 1. The summed E-state index contributed by atoms with van der Waals surface area (Å²) in [7, 11) is 0. The van der Waals surface area contributed by atoms with E-state index in [0.29, 0.717) is 17.4 Å². The minimum Gasteiger partial charge on any atom is -0.451 e. The number of furan rings is 1. The monoisotopic (exact) mass is 372 g/mol. The van der Waals surface area contributed by atoms with Crippen molar-refractivity contribution in [2.45, 2.75) is 42.8 Å². The molecule has 2 heterocycles. The second-order valence-corrected chi connectivity index (χ2v) is 8.63. The quantitative estimate of drug-likeness (QED) is 0.617. The van der Waals surface area contributed by atoms with Gasteiger partial charge in [0.15, 0.2) is 5.76 Å². The zero-order valence-corrected chi connectivity index (χ0v) is 15.9. The predicted octanol–water partition coefficient (Wildman–Crippen LogP) is 5.02. The standard InChI is InChI=1S/C19H20N2O2S2/c1-11-9-24-19(20-11)25-10-15-14-5-3-4-6-16(14)23-17(15)18(22)21-12(2)13-7-8-13/h3-6,9,12-13H,7-8,10H2,1-2H3,(H,21,22)/t12-/m1/s1. The molecule has 0 unspecified atom stereocenters. The average Bonchev–Trinajstić information content (AvgIpc) is 3.28. The Hall–Kier alpha value is -1.79. The summed E-state index contributed by atoms with van der Waals surface area (Å²) in [4.78, 5) is 17.3. The predicted molar refractivity (Wildman–Crippen MR) is 102 cm³/mol. The van der Waals surface area contributed by atoms with Gasteiger partial charge in [-0.15, -0.1) is 11.3 Å². The van der Waals surface area contributed by atoms with E-state index in [1.165, 1.54) is 12.8 Å².